The number of aliphatic imine (C=N–C) groups is 1. The Morgan fingerprint density at radius 3 is 2.68 bits per heavy atom. The molecule has 2 fully saturated rings. The van der Waals surface area contributed by atoms with Crippen LogP contribution in [-0.2, 0) is 4.74 Å². The summed E-state index contributed by atoms with van der Waals surface area (Å²) >= 11 is 0. The molecule has 0 aromatic carbocycles. The van der Waals surface area contributed by atoms with Crippen molar-refractivity contribution in [2.75, 3.05) is 57.9 Å². The van der Waals surface area contributed by atoms with E-state index in [4.69, 9.17) is 4.74 Å². The van der Waals surface area contributed by atoms with Crippen LogP contribution in [0.3, 0.4) is 0 Å². The van der Waals surface area contributed by atoms with Crippen LogP contribution in [0, 0.1) is 11.7 Å². The molecule has 2 N–H and O–H groups in total. The molecular weight excluding hydrogens is 510 g/mol. The third-order valence-corrected chi connectivity index (χ3v) is 6.38. The number of hydrogen-bond donors (Lipinski definition) is 2. The summed E-state index contributed by atoms with van der Waals surface area (Å²) in [5.74, 6) is 1.63. The lowest BCUT2D eigenvalue weighted by Gasteiger charge is -2.39. The third kappa shape index (κ3) is 7.15. The highest BCUT2D eigenvalue weighted by Crippen LogP contribution is 2.21. The standard InChI is InChI=1S/C22H37FN6O.HI/c1-4-17(5-2)20(28-11-13-30-14-12-28)15-26-22(24-3)27-18-8-10-29(16-18)21-19(23)7-6-9-25-21;/h6-7,9,17-18,20H,4-5,8,10-16H2,1-3H3,(H2,24,26,27);1H. The van der Waals surface area contributed by atoms with Crippen LogP contribution in [0.4, 0.5) is 10.2 Å². The van der Waals surface area contributed by atoms with Gasteiger partial charge in [-0.1, -0.05) is 26.7 Å². The lowest BCUT2D eigenvalue weighted by atomic mass is 9.92. The summed E-state index contributed by atoms with van der Waals surface area (Å²) in [5, 5.41) is 7.08. The molecule has 31 heavy (non-hydrogen) atoms. The zero-order valence-corrected chi connectivity index (χ0v) is 21.3. The number of hydrogen-bond acceptors (Lipinski definition) is 5. The van der Waals surface area contributed by atoms with E-state index in [0.29, 0.717) is 24.3 Å². The second kappa shape index (κ2) is 13.4. The van der Waals surface area contributed by atoms with Crippen molar-refractivity contribution >= 4 is 35.8 Å². The summed E-state index contributed by atoms with van der Waals surface area (Å²) in [6.07, 6.45) is 4.90. The summed E-state index contributed by atoms with van der Waals surface area (Å²) in [4.78, 5) is 13.2. The Hall–Kier alpha value is -1.20. The fourth-order valence-corrected chi connectivity index (χ4v) is 4.61. The van der Waals surface area contributed by atoms with Crippen molar-refractivity contribution < 1.29 is 9.13 Å². The molecule has 1 aromatic heterocycles. The second-order valence-electron chi connectivity index (χ2n) is 8.13. The highest BCUT2D eigenvalue weighted by molar-refractivity contribution is 14.0. The maximum atomic E-state index is 14.1. The number of aromatic nitrogens is 1. The van der Waals surface area contributed by atoms with Crippen LogP contribution in [0.25, 0.3) is 0 Å². The topological polar surface area (TPSA) is 65.0 Å². The summed E-state index contributed by atoms with van der Waals surface area (Å²) in [5.41, 5.74) is 0. The van der Waals surface area contributed by atoms with Gasteiger partial charge in [0.15, 0.2) is 17.6 Å². The molecule has 0 bridgehead atoms. The Morgan fingerprint density at radius 2 is 2.03 bits per heavy atom. The van der Waals surface area contributed by atoms with Crippen molar-refractivity contribution in [3.8, 4) is 0 Å². The Bertz CT molecular complexity index is 684. The molecule has 0 saturated carbocycles. The fraction of sp³-hybridized carbons (Fsp3) is 0.727. The van der Waals surface area contributed by atoms with E-state index in [1.54, 1.807) is 19.3 Å². The van der Waals surface area contributed by atoms with Gasteiger partial charge >= 0.3 is 0 Å². The quantitative estimate of drug-likeness (QED) is 0.296. The van der Waals surface area contributed by atoms with Crippen LogP contribution in [0.5, 0.6) is 0 Å². The number of guanidine groups is 1. The highest BCUT2D eigenvalue weighted by atomic mass is 127. The van der Waals surface area contributed by atoms with Crippen LogP contribution in [0.15, 0.2) is 23.3 Å². The average molecular weight is 548 g/mol. The molecule has 0 radical (unpaired) electrons. The number of anilines is 1. The van der Waals surface area contributed by atoms with Gasteiger partial charge in [0.1, 0.15) is 0 Å². The lowest BCUT2D eigenvalue weighted by Crippen LogP contribution is -2.54. The van der Waals surface area contributed by atoms with Crippen LogP contribution in [0.2, 0.25) is 0 Å². The van der Waals surface area contributed by atoms with Crippen molar-refractivity contribution in [2.24, 2.45) is 10.9 Å². The molecule has 1 aromatic rings. The number of rotatable bonds is 8. The van der Waals surface area contributed by atoms with Crippen LogP contribution >= 0.6 is 24.0 Å². The van der Waals surface area contributed by atoms with Gasteiger partial charge in [-0.25, -0.2) is 9.37 Å². The van der Waals surface area contributed by atoms with Gasteiger partial charge in [-0.3, -0.25) is 9.89 Å². The predicted octanol–water partition coefficient (Wildman–Crippen LogP) is 2.72. The molecule has 3 heterocycles. The molecule has 2 unspecified atom stereocenters. The summed E-state index contributed by atoms with van der Waals surface area (Å²) in [6, 6.07) is 3.77. The van der Waals surface area contributed by atoms with E-state index in [0.717, 1.165) is 51.8 Å². The van der Waals surface area contributed by atoms with E-state index in [1.807, 2.05) is 4.90 Å². The smallest absolute Gasteiger partial charge is 0.191 e. The first-order chi connectivity index (χ1) is 14.7. The largest absolute Gasteiger partial charge is 0.379 e. The van der Waals surface area contributed by atoms with Crippen molar-refractivity contribution in [3.63, 3.8) is 0 Å². The maximum absolute atomic E-state index is 14.1. The van der Waals surface area contributed by atoms with Gasteiger partial charge in [0.25, 0.3) is 0 Å². The summed E-state index contributed by atoms with van der Waals surface area (Å²) in [7, 11) is 1.81. The first kappa shape index (κ1) is 26.1. The van der Waals surface area contributed by atoms with Gasteiger partial charge in [0.2, 0.25) is 0 Å². The molecule has 0 amide bonds. The maximum Gasteiger partial charge on any atom is 0.191 e. The van der Waals surface area contributed by atoms with Crippen LogP contribution < -0.4 is 15.5 Å². The average Bonchev–Trinajstić information content (AvgIpc) is 3.25. The minimum absolute atomic E-state index is 0. The van der Waals surface area contributed by atoms with Crippen molar-refractivity contribution in [3.05, 3.63) is 24.1 Å². The van der Waals surface area contributed by atoms with Crippen molar-refractivity contribution in [1.82, 2.24) is 20.5 Å². The van der Waals surface area contributed by atoms with Crippen LogP contribution in [-0.4, -0.2) is 80.9 Å². The van der Waals surface area contributed by atoms with Crippen molar-refractivity contribution in [1.29, 1.82) is 0 Å². The molecule has 2 atom stereocenters. The van der Waals surface area contributed by atoms with Gasteiger partial charge in [0, 0.05) is 58.1 Å². The van der Waals surface area contributed by atoms with E-state index in [-0.39, 0.29) is 35.8 Å². The number of nitrogens with one attached hydrogen (secondary N) is 2. The lowest BCUT2D eigenvalue weighted by molar-refractivity contribution is 0.00271. The SMILES string of the molecule is CCC(CC)C(CNC(=NC)NC1CCN(c2ncccc2F)C1)N1CCOCC1.I. The number of nitrogens with zero attached hydrogens (tertiary/aromatic N) is 4. The molecule has 0 spiro atoms. The van der Waals surface area contributed by atoms with E-state index < -0.39 is 0 Å². The Labute approximate surface area is 203 Å². The van der Waals surface area contributed by atoms with Crippen molar-refractivity contribution in [2.45, 2.75) is 45.2 Å². The van der Waals surface area contributed by atoms with E-state index in [2.05, 4.69) is 39.4 Å². The van der Waals surface area contributed by atoms with E-state index in [9.17, 15) is 4.39 Å². The predicted molar refractivity (Wildman–Crippen MR) is 135 cm³/mol. The molecule has 0 aliphatic carbocycles. The number of ether oxygens (including phenoxy) is 1. The molecule has 176 valence electrons. The first-order valence-corrected chi connectivity index (χ1v) is 11.3. The third-order valence-electron chi connectivity index (χ3n) is 6.38. The minimum atomic E-state index is -0.265. The molecule has 2 aliphatic rings. The normalized spacial score (nSPS) is 21.1. The first-order valence-electron chi connectivity index (χ1n) is 11.3. The van der Waals surface area contributed by atoms with Gasteiger partial charge in [-0.05, 0) is 24.5 Å². The number of halogens is 2. The monoisotopic (exact) mass is 548 g/mol. The van der Waals surface area contributed by atoms with Gasteiger partial charge in [0.05, 0.1) is 13.2 Å². The zero-order valence-electron chi connectivity index (χ0n) is 19.0. The fourth-order valence-electron chi connectivity index (χ4n) is 4.61. The van der Waals surface area contributed by atoms with Gasteiger partial charge in [-0.2, -0.15) is 0 Å². The number of morpholine rings is 1. The second-order valence-corrected chi connectivity index (χ2v) is 8.13. The summed E-state index contributed by atoms with van der Waals surface area (Å²) in [6.45, 7) is 10.5. The van der Waals surface area contributed by atoms with Gasteiger partial charge in [-0.15, -0.1) is 24.0 Å². The molecule has 9 heteroatoms. The zero-order chi connectivity index (χ0) is 21.3. The van der Waals surface area contributed by atoms with Gasteiger partial charge < -0.3 is 20.3 Å². The summed E-state index contributed by atoms with van der Waals surface area (Å²) < 4.78 is 19.6. The minimum Gasteiger partial charge on any atom is -0.379 e. The molecule has 3 rings (SSSR count). The Kier molecular flexibility index (Phi) is 11.2. The molecule has 2 saturated heterocycles. The van der Waals surface area contributed by atoms with Crippen LogP contribution in [0.1, 0.15) is 33.1 Å². The molecule has 2 aliphatic heterocycles. The number of pyridine rings is 1. The molecular formula is C22H38FIN6O. The highest BCUT2D eigenvalue weighted by Gasteiger charge is 2.29. The Morgan fingerprint density at radius 1 is 1.29 bits per heavy atom. The Balaban J connectivity index is 0.00000341. The van der Waals surface area contributed by atoms with E-state index in [1.165, 1.54) is 18.9 Å². The van der Waals surface area contributed by atoms with E-state index >= 15 is 0 Å². The molecule has 7 nitrogen and oxygen atoms in total.